The Morgan fingerprint density at radius 2 is 1.39 bits per heavy atom. The summed E-state index contributed by atoms with van der Waals surface area (Å²) in [5, 5.41) is -0.609. The van der Waals surface area contributed by atoms with E-state index in [0.717, 1.165) is 6.07 Å². The summed E-state index contributed by atoms with van der Waals surface area (Å²) in [6.45, 7) is 0. The smallest absolute Gasteiger partial charge is 0.417 e. The van der Waals surface area contributed by atoms with Gasteiger partial charge in [0.05, 0.1) is 30.9 Å². The van der Waals surface area contributed by atoms with E-state index in [1.165, 1.54) is 14.2 Å². The number of methoxy groups -OCH3 is 2. The summed E-state index contributed by atoms with van der Waals surface area (Å²) in [6, 6.07) is 13.8. The Bertz CT molecular complexity index is 1290. The summed E-state index contributed by atoms with van der Waals surface area (Å²) in [4.78, 5) is 23.5. The average Bonchev–Trinajstić information content (AvgIpc) is 2.77. The fraction of sp³-hybridized carbons (Fsp3) is 0.136. The largest absolute Gasteiger partial charge is 0.497 e. The molecular weight excluding hydrogens is 411 g/mol. The molecule has 6 nitrogen and oxygen atoms in total. The van der Waals surface area contributed by atoms with E-state index in [2.05, 4.69) is 15.0 Å². The molecule has 0 aliphatic heterocycles. The third kappa shape index (κ3) is 3.94. The van der Waals surface area contributed by atoms with Crippen LogP contribution in [0.3, 0.4) is 0 Å². The maximum atomic E-state index is 13.8. The van der Waals surface area contributed by atoms with E-state index in [-0.39, 0.29) is 17.2 Å². The minimum absolute atomic E-state index is 0.0428. The van der Waals surface area contributed by atoms with Crippen molar-refractivity contribution in [2.45, 2.75) is 6.18 Å². The van der Waals surface area contributed by atoms with E-state index in [1.807, 2.05) is 0 Å². The van der Waals surface area contributed by atoms with Crippen LogP contribution < -0.4 is 15.0 Å². The van der Waals surface area contributed by atoms with Crippen molar-refractivity contribution >= 4 is 11.0 Å². The fourth-order valence-corrected chi connectivity index (χ4v) is 3.16. The van der Waals surface area contributed by atoms with Gasteiger partial charge in [0.2, 0.25) is 0 Å². The first kappa shape index (κ1) is 20.4. The highest BCUT2D eigenvalue weighted by molar-refractivity contribution is 5.83. The highest BCUT2D eigenvalue weighted by Crippen LogP contribution is 2.35. The Kier molecular flexibility index (Phi) is 5.10. The predicted molar refractivity (Wildman–Crippen MR) is 109 cm³/mol. The Morgan fingerprint density at radius 3 is 1.90 bits per heavy atom. The van der Waals surface area contributed by atoms with Gasteiger partial charge in [-0.2, -0.15) is 13.2 Å². The number of fused-ring (bicyclic) bond motifs is 1. The molecule has 0 aliphatic rings. The van der Waals surface area contributed by atoms with E-state index < -0.39 is 22.7 Å². The number of aromatic nitrogens is 3. The number of pyridine rings is 1. The molecule has 0 saturated carbocycles. The first-order valence-corrected chi connectivity index (χ1v) is 9.11. The number of H-pyrrole nitrogens is 1. The molecule has 9 heteroatoms. The van der Waals surface area contributed by atoms with Crippen LogP contribution in [0.25, 0.3) is 33.7 Å². The molecule has 0 bridgehead atoms. The Labute approximate surface area is 174 Å². The van der Waals surface area contributed by atoms with Crippen LogP contribution in [0.15, 0.2) is 59.4 Å². The summed E-state index contributed by atoms with van der Waals surface area (Å²) in [5.41, 5.74) is -1.34. The molecule has 0 saturated heterocycles. The summed E-state index contributed by atoms with van der Waals surface area (Å²) < 4.78 is 51.5. The van der Waals surface area contributed by atoms with Gasteiger partial charge in [0.15, 0.2) is 5.65 Å². The van der Waals surface area contributed by atoms with Crippen LogP contribution in [-0.4, -0.2) is 29.2 Å². The third-order valence-electron chi connectivity index (χ3n) is 4.73. The molecule has 0 unspecified atom stereocenters. The van der Waals surface area contributed by atoms with Crippen LogP contribution in [0.4, 0.5) is 13.2 Å². The van der Waals surface area contributed by atoms with Crippen molar-refractivity contribution in [1.82, 2.24) is 15.0 Å². The number of aromatic amines is 1. The lowest BCUT2D eigenvalue weighted by Gasteiger charge is -2.13. The molecule has 31 heavy (non-hydrogen) atoms. The number of nitrogens with zero attached hydrogens (tertiary/aromatic N) is 2. The topological polar surface area (TPSA) is 77.1 Å². The average molecular weight is 427 g/mol. The number of halogens is 3. The number of benzene rings is 2. The van der Waals surface area contributed by atoms with E-state index >= 15 is 0 Å². The number of hydrogen-bond acceptors (Lipinski definition) is 5. The summed E-state index contributed by atoms with van der Waals surface area (Å²) >= 11 is 0. The van der Waals surface area contributed by atoms with Crippen LogP contribution in [0.5, 0.6) is 11.5 Å². The predicted octanol–water partition coefficient (Wildman–Crippen LogP) is 4.69. The maximum Gasteiger partial charge on any atom is 0.417 e. The van der Waals surface area contributed by atoms with Crippen molar-refractivity contribution in [2.75, 3.05) is 14.2 Å². The Balaban J connectivity index is 1.95. The van der Waals surface area contributed by atoms with Crippen LogP contribution in [0.2, 0.25) is 0 Å². The quantitative estimate of drug-likeness (QED) is 0.511. The summed E-state index contributed by atoms with van der Waals surface area (Å²) in [5.74, 6) is 1.25. The summed E-state index contributed by atoms with van der Waals surface area (Å²) in [7, 11) is 3.00. The first-order chi connectivity index (χ1) is 14.8. The van der Waals surface area contributed by atoms with Crippen molar-refractivity contribution in [1.29, 1.82) is 0 Å². The maximum absolute atomic E-state index is 13.8. The third-order valence-corrected chi connectivity index (χ3v) is 4.73. The Morgan fingerprint density at radius 1 is 0.839 bits per heavy atom. The van der Waals surface area contributed by atoms with Crippen molar-refractivity contribution in [3.05, 3.63) is 70.5 Å². The molecule has 0 amide bonds. The monoisotopic (exact) mass is 427 g/mol. The number of nitrogens with one attached hydrogen (secondary N) is 1. The zero-order valence-corrected chi connectivity index (χ0v) is 16.4. The zero-order valence-electron chi connectivity index (χ0n) is 16.4. The number of hydrogen-bond donors (Lipinski definition) is 1. The second kappa shape index (κ2) is 7.75. The molecule has 0 spiro atoms. The molecule has 4 aromatic rings. The van der Waals surface area contributed by atoms with Gasteiger partial charge in [-0.15, -0.1) is 0 Å². The number of rotatable bonds is 4. The highest BCUT2D eigenvalue weighted by Gasteiger charge is 2.35. The normalized spacial score (nSPS) is 11.5. The second-order valence-electron chi connectivity index (χ2n) is 6.62. The fourth-order valence-electron chi connectivity index (χ4n) is 3.16. The molecule has 0 radical (unpaired) electrons. The molecule has 1 N–H and O–H groups in total. The molecule has 158 valence electrons. The van der Waals surface area contributed by atoms with Crippen LogP contribution >= 0.6 is 0 Å². The Hall–Kier alpha value is -3.88. The first-order valence-electron chi connectivity index (χ1n) is 9.11. The molecule has 0 atom stereocenters. The van der Waals surface area contributed by atoms with Crippen molar-refractivity contribution in [3.8, 4) is 34.1 Å². The van der Waals surface area contributed by atoms with Gasteiger partial charge in [0.1, 0.15) is 17.3 Å². The highest BCUT2D eigenvalue weighted by atomic mass is 19.4. The van der Waals surface area contributed by atoms with E-state index in [4.69, 9.17) is 9.47 Å². The lowest BCUT2D eigenvalue weighted by Crippen LogP contribution is -2.17. The molecular formula is C22H16F3N3O3. The number of ether oxygens (including phenoxy) is 2. The minimum Gasteiger partial charge on any atom is -0.497 e. The number of alkyl halides is 3. The van der Waals surface area contributed by atoms with Crippen molar-refractivity contribution in [3.63, 3.8) is 0 Å². The van der Waals surface area contributed by atoms with Crippen LogP contribution in [-0.2, 0) is 6.18 Å². The molecule has 0 aliphatic carbocycles. The molecule has 2 heterocycles. The zero-order chi connectivity index (χ0) is 22.2. The summed E-state index contributed by atoms with van der Waals surface area (Å²) in [6.07, 6.45) is -4.77. The van der Waals surface area contributed by atoms with Gasteiger partial charge < -0.3 is 14.5 Å². The minimum atomic E-state index is -4.77. The van der Waals surface area contributed by atoms with E-state index in [0.29, 0.717) is 22.6 Å². The SMILES string of the molecule is COc1ccc(-c2cc(C(F)(F)F)c3c(=O)[nH]c(-c4ccc(OC)cc4)nc3n2)cc1. The molecule has 2 aromatic heterocycles. The second-order valence-corrected chi connectivity index (χ2v) is 6.62. The van der Waals surface area contributed by atoms with Gasteiger partial charge in [-0.3, -0.25) is 4.79 Å². The molecule has 0 fully saturated rings. The van der Waals surface area contributed by atoms with Gasteiger partial charge in [-0.05, 0) is 54.6 Å². The van der Waals surface area contributed by atoms with Gasteiger partial charge in [0, 0.05) is 11.1 Å². The van der Waals surface area contributed by atoms with Crippen LogP contribution in [0, 0.1) is 0 Å². The molecule has 4 rings (SSSR count). The van der Waals surface area contributed by atoms with Gasteiger partial charge in [-0.25, -0.2) is 9.97 Å². The van der Waals surface area contributed by atoms with Crippen molar-refractivity contribution < 1.29 is 22.6 Å². The van der Waals surface area contributed by atoms with E-state index in [1.54, 1.807) is 48.5 Å². The molecule has 2 aromatic carbocycles. The lowest BCUT2D eigenvalue weighted by atomic mass is 10.1. The van der Waals surface area contributed by atoms with Crippen molar-refractivity contribution in [2.24, 2.45) is 0 Å². The van der Waals surface area contributed by atoms with E-state index in [9.17, 15) is 18.0 Å². The van der Waals surface area contributed by atoms with Crippen LogP contribution in [0.1, 0.15) is 5.56 Å². The van der Waals surface area contributed by atoms with Gasteiger partial charge >= 0.3 is 6.18 Å². The lowest BCUT2D eigenvalue weighted by molar-refractivity contribution is -0.136. The van der Waals surface area contributed by atoms with Gasteiger partial charge in [0.25, 0.3) is 5.56 Å². The van der Waals surface area contributed by atoms with Gasteiger partial charge in [-0.1, -0.05) is 0 Å². The standard InChI is InChI=1S/C22H16F3N3O3/c1-30-14-7-3-12(4-8-14)17-11-16(22(23,24)25)18-20(26-17)27-19(28-21(18)29)13-5-9-15(31-2)10-6-13/h3-11H,1-2H3,(H,26,27,28,29).